The van der Waals surface area contributed by atoms with E-state index in [1.54, 1.807) is 6.08 Å². The molecule has 1 aromatic carbocycles. The second-order valence-electron chi connectivity index (χ2n) is 5.47. The third-order valence-corrected chi connectivity index (χ3v) is 3.86. The molecular weight excluding hydrogens is 248 g/mol. The molecule has 2 N–H and O–H groups in total. The number of nitrogens with zero attached hydrogens (tertiary/aromatic N) is 1. The molecule has 0 aliphatic carbocycles. The largest absolute Gasteiger partial charge is 0.399 e. The van der Waals surface area contributed by atoms with E-state index in [9.17, 15) is 4.79 Å². The van der Waals surface area contributed by atoms with E-state index in [1.165, 1.54) is 6.42 Å². The van der Waals surface area contributed by atoms with Gasteiger partial charge in [-0.25, -0.2) is 0 Å². The molecule has 20 heavy (non-hydrogen) atoms. The van der Waals surface area contributed by atoms with E-state index in [0.717, 1.165) is 43.5 Å². The number of hydrogen-bond donors (Lipinski definition) is 1. The van der Waals surface area contributed by atoms with Crippen molar-refractivity contribution in [2.24, 2.45) is 0 Å². The van der Waals surface area contributed by atoms with Crippen LogP contribution in [-0.2, 0) is 4.79 Å². The predicted molar refractivity (Wildman–Crippen MR) is 84.1 cm³/mol. The maximum atomic E-state index is 12.3. The van der Waals surface area contributed by atoms with Crippen LogP contribution in [0.25, 0.3) is 6.08 Å². The molecule has 0 radical (unpaired) electrons. The fourth-order valence-corrected chi connectivity index (χ4v) is 2.85. The van der Waals surface area contributed by atoms with Gasteiger partial charge in [0.25, 0.3) is 0 Å². The fraction of sp³-hybridized carbons (Fsp3) is 0.471. The maximum absolute atomic E-state index is 12.3. The predicted octanol–water partition coefficient (Wildman–Crippen LogP) is 3.46. The highest BCUT2D eigenvalue weighted by Gasteiger charge is 2.24. The Morgan fingerprint density at radius 1 is 1.45 bits per heavy atom. The molecule has 1 unspecified atom stereocenters. The molecule has 2 rings (SSSR count). The molecule has 0 spiro atoms. The van der Waals surface area contributed by atoms with E-state index in [0.29, 0.717) is 6.04 Å². The molecule has 0 saturated carbocycles. The first-order chi connectivity index (χ1) is 9.70. The van der Waals surface area contributed by atoms with Crippen molar-refractivity contribution in [3.05, 3.63) is 35.9 Å². The van der Waals surface area contributed by atoms with Crippen molar-refractivity contribution in [3.63, 3.8) is 0 Å². The lowest BCUT2D eigenvalue weighted by Crippen LogP contribution is -2.42. The highest BCUT2D eigenvalue weighted by Crippen LogP contribution is 2.21. The third kappa shape index (κ3) is 3.86. The van der Waals surface area contributed by atoms with E-state index in [-0.39, 0.29) is 5.91 Å². The molecule has 1 saturated heterocycles. The number of benzene rings is 1. The monoisotopic (exact) mass is 272 g/mol. The zero-order chi connectivity index (χ0) is 14.4. The van der Waals surface area contributed by atoms with Crippen LogP contribution >= 0.6 is 0 Å². The van der Waals surface area contributed by atoms with Gasteiger partial charge in [0.15, 0.2) is 0 Å². The second kappa shape index (κ2) is 7.13. The number of amides is 1. The number of likely N-dealkylation sites (tertiary alicyclic amines) is 1. The van der Waals surface area contributed by atoms with Gasteiger partial charge >= 0.3 is 0 Å². The van der Waals surface area contributed by atoms with Gasteiger partial charge in [-0.05, 0) is 49.5 Å². The van der Waals surface area contributed by atoms with Crippen LogP contribution in [0.2, 0.25) is 0 Å². The molecule has 108 valence electrons. The highest BCUT2D eigenvalue weighted by atomic mass is 16.2. The van der Waals surface area contributed by atoms with Gasteiger partial charge in [-0.15, -0.1) is 0 Å². The van der Waals surface area contributed by atoms with Gasteiger partial charge in [0.05, 0.1) is 0 Å². The topological polar surface area (TPSA) is 46.3 Å². The average Bonchev–Trinajstić information content (AvgIpc) is 2.46. The number of nitrogens with two attached hydrogens (primary N) is 1. The van der Waals surface area contributed by atoms with Crippen LogP contribution in [0.4, 0.5) is 5.69 Å². The number of piperidine rings is 1. The van der Waals surface area contributed by atoms with Gasteiger partial charge in [-0.3, -0.25) is 4.79 Å². The average molecular weight is 272 g/mol. The van der Waals surface area contributed by atoms with Gasteiger partial charge in [0, 0.05) is 24.4 Å². The Bertz CT molecular complexity index is 480. The van der Waals surface area contributed by atoms with Crippen LogP contribution in [-0.4, -0.2) is 23.4 Å². The lowest BCUT2D eigenvalue weighted by atomic mass is 9.98. The van der Waals surface area contributed by atoms with Crippen LogP contribution in [0.15, 0.2) is 30.3 Å². The minimum atomic E-state index is 0.130. The van der Waals surface area contributed by atoms with Crippen LogP contribution in [0.5, 0.6) is 0 Å². The van der Waals surface area contributed by atoms with Crippen LogP contribution in [0.1, 0.15) is 44.6 Å². The Balaban J connectivity index is 2.02. The number of anilines is 1. The molecule has 0 bridgehead atoms. The van der Waals surface area contributed by atoms with Crippen molar-refractivity contribution in [2.75, 3.05) is 12.3 Å². The van der Waals surface area contributed by atoms with Crippen molar-refractivity contribution in [1.82, 2.24) is 4.90 Å². The molecule has 1 aromatic rings. The number of carbonyl (C=O) groups excluding carboxylic acids is 1. The number of carbonyl (C=O) groups is 1. The summed E-state index contributed by atoms with van der Waals surface area (Å²) in [7, 11) is 0. The van der Waals surface area contributed by atoms with E-state index in [4.69, 9.17) is 5.73 Å². The SMILES string of the molecule is CCCC1CCCCN1C(=O)/C=C/c1cccc(N)c1. The molecule has 3 nitrogen and oxygen atoms in total. The number of hydrogen-bond acceptors (Lipinski definition) is 2. The van der Waals surface area contributed by atoms with E-state index < -0.39 is 0 Å². The zero-order valence-electron chi connectivity index (χ0n) is 12.2. The van der Waals surface area contributed by atoms with Crippen molar-refractivity contribution >= 4 is 17.7 Å². The van der Waals surface area contributed by atoms with Gasteiger partial charge in [-0.1, -0.05) is 25.5 Å². The summed E-state index contributed by atoms with van der Waals surface area (Å²) in [6.45, 7) is 3.07. The number of nitrogen functional groups attached to an aromatic ring is 1. The first kappa shape index (κ1) is 14.6. The van der Waals surface area contributed by atoms with Gasteiger partial charge in [-0.2, -0.15) is 0 Å². The molecule has 0 aromatic heterocycles. The summed E-state index contributed by atoms with van der Waals surface area (Å²) in [4.78, 5) is 14.4. The summed E-state index contributed by atoms with van der Waals surface area (Å²) in [6.07, 6.45) is 9.29. The van der Waals surface area contributed by atoms with E-state index >= 15 is 0 Å². The molecule has 1 fully saturated rings. The molecule has 1 atom stereocenters. The quantitative estimate of drug-likeness (QED) is 0.674. The molecule has 1 aliphatic rings. The normalized spacial score (nSPS) is 19.4. The van der Waals surface area contributed by atoms with E-state index in [1.807, 2.05) is 35.2 Å². The molecule has 1 amide bonds. The smallest absolute Gasteiger partial charge is 0.246 e. The van der Waals surface area contributed by atoms with Gasteiger partial charge in [0.1, 0.15) is 0 Å². The van der Waals surface area contributed by atoms with Crippen LogP contribution < -0.4 is 5.73 Å². The molecule has 1 aliphatic heterocycles. The van der Waals surface area contributed by atoms with Crippen LogP contribution in [0, 0.1) is 0 Å². The molecular formula is C17H24N2O. The summed E-state index contributed by atoms with van der Waals surface area (Å²) in [6, 6.07) is 8.01. The second-order valence-corrected chi connectivity index (χ2v) is 5.47. The van der Waals surface area contributed by atoms with Crippen molar-refractivity contribution < 1.29 is 4.79 Å². The van der Waals surface area contributed by atoms with Crippen LogP contribution in [0.3, 0.4) is 0 Å². The third-order valence-electron chi connectivity index (χ3n) is 3.86. The Hall–Kier alpha value is -1.77. The number of rotatable bonds is 4. The lowest BCUT2D eigenvalue weighted by Gasteiger charge is -2.35. The fourth-order valence-electron chi connectivity index (χ4n) is 2.85. The summed E-state index contributed by atoms with van der Waals surface area (Å²) >= 11 is 0. The standard InChI is InChI=1S/C17H24N2O/c1-2-6-16-9-3-4-12-19(16)17(20)11-10-14-7-5-8-15(18)13-14/h5,7-8,10-11,13,16H,2-4,6,9,12,18H2,1H3/b11-10+. The summed E-state index contributed by atoms with van der Waals surface area (Å²) in [5, 5.41) is 0. The minimum Gasteiger partial charge on any atom is -0.399 e. The summed E-state index contributed by atoms with van der Waals surface area (Å²) in [5.41, 5.74) is 7.44. The Kier molecular flexibility index (Phi) is 5.22. The van der Waals surface area contributed by atoms with E-state index in [2.05, 4.69) is 6.92 Å². The van der Waals surface area contributed by atoms with Crippen molar-refractivity contribution in [1.29, 1.82) is 0 Å². The molecule has 3 heteroatoms. The molecule has 1 heterocycles. The maximum Gasteiger partial charge on any atom is 0.246 e. The summed E-state index contributed by atoms with van der Waals surface area (Å²) < 4.78 is 0. The van der Waals surface area contributed by atoms with Crippen molar-refractivity contribution in [2.45, 2.75) is 45.1 Å². The van der Waals surface area contributed by atoms with Gasteiger partial charge < -0.3 is 10.6 Å². The van der Waals surface area contributed by atoms with Gasteiger partial charge in [0.2, 0.25) is 5.91 Å². The Morgan fingerprint density at radius 2 is 2.30 bits per heavy atom. The Labute approximate surface area is 121 Å². The highest BCUT2D eigenvalue weighted by molar-refractivity contribution is 5.92. The Morgan fingerprint density at radius 3 is 3.05 bits per heavy atom. The minimum absolute atomic E-state index is 0.130. The first-order valence-electron chi connectivity index (χ1n) is 7.55. The first-order valence-corrected chi connectivity index (χ1v) is 7.55. The van der Waals surface area contributed by atoms with Crippen molar-refractivity contribution in [3.8, 4) is 0 Å². The summed E-state index contributed by atoms with van der Waals surface area (Å²) in [5.74, 6) is 0.130. The zero-order valence-corrected chi connectivity index (χ0v) is 12.2. The lowest BCUT2D eigenvalue weighted by molar-refractivity contribution is -0.129.